The molecule has 6 heterocycles. The second kappa shape index (κ2) is 16.0. The summed E-state index contributed by atoms with van der Waals surface area (Å²) in [6.45, 7) is -3.98. The Morgan fingerprint density at radius 2 is 0.852 bits per heavy atom. The SMILES string of the molecule is Fc1ncccc1[B@-]1(c2ccccc2)Oc2cccc3ccc[n+]1c23.Fc1ncccc1[B@-]1(c2ccccc2)Oc2cccc3ccc[n+]1c23.O.[Cl-].[Cl-].[Zn+2]. The van der Waals surface area contributed by atoms with Crippen LogP contribution in [-0.4, -0.2) is 28.4 Å². The molecule has 0 amide bonds. The predicted octanol–water partition coefficient (Wildman–Crippen LogP) is -2.50. The van der Waals surface area contributed by atoms with Crippen molar-refractivity contribution in [2.45, 2.75) is 0 Å². The van der Waals surface area contributed by atoms with Gasteiger partial charge in [-0.2, -0.15) is 8.78 Å². The summed E-state index contributed by atoms with van der Waals surface area (Å²) in [6.07, 6.45) is 6.83. The zero-order valence-corrected chi connectivity index (χ0v) is 33.1. The average molecular weight is 811 g/mol. The molecule has 0 fully saturated rings. The van der Waals surface area contributed by atoms with Gasteiger partial charge in [-0.1, -0.05) is 95.9 Å². The molecule has 264 valence electrons. The molecule has 0 saturated carbocycles. The molecule has 0 bridgehead atoms. The molecule has 4 aromatic heterocycles. The van der Waals surface area contributed by atoms with E-state index in [1.807, 2.05) is 134 Å². The normalized spacial score (nSPS) is 16.9. The fourth-order valence-corrected chi connectivity index (χ4v) is 7.86. The molecule has 14 heteroatoms. The topological polar surface area (TPSA) is 83.5 Å². The quantitative estimate of drug-likeness (QED) is 0.146. The summed E-state index contributed by atoms with van der Waals surface area (Å²) in [5.74, 6) is 0.489. The molecule has 2 aliphatic rings. The molecule has 0 spiro atoms. The maximum Gasteiger partial charge on any atom is 2.00 e. The van der Waals surface area contributed by atoms with Crippen LogP contribution >= 0.6 is 0 Å². The fraction of sp³-hybridized carbons (Fsp3) is 0. The van der Waals surface area contributed by atoms with Gasteiger partial charge in [0, 0.05) is 23.2 Å². The minimum Gasteiger partial charge on any atom is -1.00 e. The first-order valence-corrected chi connectivity index (χ1v) is 16.5. The van der Waals surface area contributed by atoms with Crippen molar-refractivity contribution in [2.24, 2.45) is 0 Å². The van der Waals surface area contributed by atoms with Crippen LogP contribution in [0.2, 0.25) is 0 Å². The van der Waals surface area contributed by atoms with Crippen LogP contribution in [-0.2, 0) is 19.5 Å². The summed E-state index contributed by atoms with van der Waals surface area (Å²) in [5.41, 5.74) is 4.64. The van der Waals surface area contributed by atoms with Gasteiger partial charge < -0.3 is 48.6 Å². The number of aromatic nitrogens is 4. The van der Waals surface area contributed by atoms with Gasteiger partial charge >= 0.3 is 32.4 Å². The van der Waals surface area contributed by atoms with Gasteiger partial charge in [0.1, 0.15) is 23.9 Å². The molecule has 4 aromatic carbocycles. The summed E-state index contributed by atoms with van der Waals surface area (Å²) in [7, 11) is 0. The number of hydrogen-bond donors (Lipinski definition) is 0. The monoisotopic (exact) mass is 808 g/mol. The molecule has 2 N–H and O–H groups in total. The second-order valence-corrected chi connectivity index (χ2v) is 12.5. The third kappa shape index (κ3) is 6.09. The standard InChI is InChI=1S/2C20H14BFN2O.2ClH.H2O.Zn/c2*22-20-17(11-5-13-23-20)21(16-9-2-1-3-10-16)24-14-6-8-15-7-4-12-18(25-21)19(15)24;;;;/h2*1-14H;2*1H;1H2;/q;;;;;+2/p-2/t2*21-;;;;/m00..../s1. The van der Waals surface area contributed by atoms with E-state index in [0.717, 1.165) is 44.2 Å². The molecule has 0 aliphatic carbocycles. The first-order valence-electron chi connectivity index (χ1n) is 16.5. The van der Waals surface area contributed by atoms with Gasteiger partial charge in [0.25, 0.3) is 0 Å². The minimum atomic E-state index is -1.99. The molecule has 8 aromatic rings. The van der Waals surface area contributed by atoms with Crippen LogP contribution in [0, 0.1) is 11.9 Å². The van der Waals surface area contributed by atoms with E-state index in [1.54, 1.807) is 24.3 Å². The summed E-state index contributed by atoms with van der Waals surface area (Å²) in [4.78, 5) is 7.75. The maximum atomic E-state index is 14.8. The van der Waals surface area contributed by atoms with Crippen molar-refractivity contribution >= 4 is 56.6 Å². The number of halogens is 4. The maximum absolute atomic E-state index is 14.8. The molecule has 0 radical (unpaired) electrons. The smallest absolute Gasteiger partial charge is 1.00 e. The zero-order chi connectivity index (χ0) is 33.7. The molecule has 2 aliphatic heterocycles. The van der Waals surface area contributed by atoms with E-state index in [-0.39, 0.29) is 49.8 Å². The van der Waals surface area contributed by atoms with Gasteiger partial charge in [-0.15, -0.1) is 0 Å². The Kier molecular flexibility index (Phi) is 11.8. The molecule has 0 unspecified atom stereocenters. The van der Waals surface area contributed by atoms with Crippen LogP contribution in [0.5, 0.6) is 11.5 Å². The minimum absolute atomic E-state index is 0. The van der Waals surface area contributed by atoms with E-state index < -0.39 is 24.9 Å². The third-order valence-electron chi connectivity index (χ3n) is 9.92. The van der Waals surface area contributed by atoms with Gasteiger partial charge in [0.15, 0.2) is 11.9 Å². The zero-order valence-electron chi connectivity index (χ0n) is 28.6. The first-order chi connectivity index (χ1) is 24.6. The van der Waals surface area contributed by atoms with Gasteiger partial charge in [-0.3, -0.25) is 0 Å². The number of para-hydroxylation sites is 2. The molecular weight excluding hydrogens is 780 g/mol. The van der Waals surface area contributed by atoms with Crippen molar-refractivity contribution in [3.05, 3.63) is 182 Å². The number of rotatable bonds is 4. The van der Waals surface area contributed by atoms with Crippen molar-refractivity contribution in [3.8, 4) is 11.5 Å². The van der Waals surface area contributed by atoms with Crippen LogP contribution < -0.4 is 64.9 Å². The summed E-state index contributed by atoms with van der Waals surface area (Å²) < 4.78 is 46.7. The summed E-state index contributed by atoms with van der Waals surface area (Å²) >= 11 is 0. The number of pyridine rings is 4. The first kappa shape index (κ1) is 39.9. The fourth-order valence-electron chi connectivity index (χ4n) is 7.86. The van der Waals surface area contributed by atoms with Crippen molar-refractivity contribution in [1.82, 2.24) is 9.97 Å². The molecule has 54 heavy (non-hydrogen) atoms. The number of nitrogens with zero attached hydrogens (tertiary/aromatic N) is 4. The Labute approximate surface area is 335 Å². The Morgan fingerprint density at radius 3 is 1.24 bits per heavy atom. The largest absolute Gasteiger partial charge is 2.00 e. The van der Waals surface area contributed by atoms with Gasteiger partial charge in [0.2, 0.25) is 11.0 Å². The van der Waals surface area contributed by atoms with Gasteiger partial charge in [-0.25, -0.2) is 9.97 Å². The van der Waals surface area contributed by atoms with Gasteiger partial charge in [0.05, 0.1) is 0 Å². The second-order valence-electron chi connectivity index (χ2n) is 12.5. The van der Waals surface area contributed by atoms with E-state index >= 15 is 0 Å². The molecular formula is C40H30B2Cl2F2N4O3Zn. The predicted molar refractivity (Wildman–Crippen MR) is 195 cm³/mol. The molecule has 7 nitrogen and oxygen atoms in total. The van der Waals surface area contributed by atoms with Crippen molar-refractivity contribution < 1.29 is 76.8 Å². The van der Waals surface area contributed by atoms with E-state index in [4.69, 9.17) is 9.31 Å². The van der Waals surface area contributed by atoms with E-state index in [1.165, 1.54) is 12.4 Å². The molecule has 2 atom stereocenters. The Hall–Kier alpha value is -5.25. The van der Waals surface area contributed by atoms with E-state index in [0.29, 0.717) is 10.9 Å². The molecule has 0 saturated heterocycles. The Balaban J connectivity index is 0.000000193. The van der Waals surface area contributed by atoms with E-state index in [9.17, 15) is 8.78 Å². The van der Waals surface area contributed by atoms with Crippen LogP contribution in [0.1, 0.15) is 0 Å². The van der Waals surface area contributed by atoms with Crippen molar-refractivity contribution in [1.29, 1.82) is 0 Å². The van der Waals surface area contributed by atoms with Gasteiger partial charge in [-0.05, 0) is 71.6 Å². The number of hydrogen-bond acceptors (Lipinski definition) is 4. The Bertz CT molecular complexity index is 2400. The van der Waals surface area contributed by atoms with Crippen LogP contribution in [0.15, 0.2) is 170 Å². The Morgan fingerprint density at radius 1 is 0.463 bits per heavy atom. The van der Waals surface area contributed by atoms with Crippen LogP contribution in [0.4, 0.5) is 8.78 Å². The summed E-state index contributed by atoms with van der Waals surface area (Å²) in [5, 5.41) is 2.12. The van der Waals surface area contributed by atoms with Crippen molar-refractivity contribution in [2.75, 3.05) is 0 Å². The van der Waals surface area contributed by atoms with Crippen LogP contribution in [0.3, 0.4) is 0 Å². The number of benzene rings is 4. The van der Waals surface area contributed by atoms with E-state index in [2.05, 4.69) is 18.9 Å². The summed E-state index contributed by atoms with van der Waals surface area (Å²) in [6, 6.07) is 46.4. The van der Waals surface area contributed by atoms with Crippen molar-refractivity contribution in [3.63, 3.8) is 0 Å². The molecule has 10 rings (SSSR count). The average Bonchev–Trinajstić information content (AvgIpc) is 3.70. The van der Waals surface area contributed by atoms with Crippen LogP contribution in [0.25, 0.3) is 21.8 Å². The third-order valence-corrected chi connectivity index (χ3v) is 9.92.